The minimum Gasteiger partial charge on any atom is -0.497 e. The molecule has 0 atom stereocenters. The number of anilines is 1. The summed E-state index contributed by atoms with van der Waals surface area (Å²) in [6, 6.07) is 19.7. The smallest absolute Gasteiger partial charge is 0.261 e. The zero-order valence-corrected chi connectivity index (χ0v) is 17.2. The van der Waals surface area contributed by atoms with Crippen molar-refractivity contribution in [3.05, 3.63) is 88.6 Å². The number of hydrogen-bond donors (Lipinski definition) is 1. The highest BCUT2D eigenvalue weighted by atomic mass is 32.2. The summed E-state index contributed by atoms with van der Waals surface area (Å²) in [5.74, 6) is 0.971. The number of rotatable bonds is 5. The largest absolute Gasteiger partial charge is 0.497 e. The summed E-state index contributed by atoms with van der Waals surface area (Å²) in [5, 5.41) is 0.431. The van der Waals surface area contributed by atoms with Gasteiger partial charge in [-0.15, -0.1) is 0 Å². The molecule has 0 aliphatic carbocycles. The van der Waals surface area contributed by atoms with Crippen LogP contribution in [0.15, 0.2) is 86.9 Å². The van der Waals surface area contributed by atoms with Gasteiger partial charge in [0.1, 0.15) is 17.1 Å². The van der Waals surface area contributed by atoms with Gasteiger partial charge in [-0.1, -0.05) is 17.7 Å². The predicted octanol–water partition coefficient (Wildman–Crippen LogP) is 4.58. The monoisotopic (exact) mass is 421 g/mol. The van der Waals surface area contributed by atoms with Crippen molar-refractivity contribution >= 4 is 26.7 Å². The van der Waals surface area contributed by atoms with Crippen LogP contribution < -0.4 is 14.9 Å². The van der Waals surface area contributed by atoms with Crippen LogP contribution in [0.3, 0.4) is 0 Å². The van der Waals surface area contributed by atoms with Gasteiger partial charge < -0.3 is 9.15 Å². The summed E-state index contributed by atoms with van der Waals surface area (Å²) in [7, 11) is -2.15. The molecule has 6 nitrogen and oxygen atoms in total. The van der Waals surface area contributed by atoms with Gasteiger partial charge in [-0.05, 0) is 61.5 Å². The van der Waals surface area contributed by atoms with Gasteiger partial charge >= 0.3 is 0 Å². The van der Waals surface area contributed by atoms with Gasteiger partial charge in [0.25, 0.3) is 10.0 Å². The quantitative estimate of drug-likeness (QED) is 0.510. The molecule has 1 N–H and O–H groups in total. The first kappa shape index (κ1) is 19.7. The van der Waals surface area contributed by atoms with Crippen molar-refractivity contribution in [2.45, 2.75) is 11.8 Å². The molecule has 0 fully saturated rings. The molecule has 0 aliphatic heterocycles. The van der Waals surface area contributed by atoms with Crippen molar-refractivity contribution in [2.75, 3.05) is 11.8 Å². The molecule has 7 heteroatoms. The van der Waals surface area contributed by atoms with Gasteiger partial charge in [0.15, 0.2) is 5.43 Å². The fourth-order valence-corrected chi connectivity index (χ4v) is 4.10. The van der Waals surface area contributed by atoms with E-state index in [1.807, 2.05) is 6.92 Å². The molecule has 0 unspecified atom stereocenters. The molecular formula is C23H19NO5S. The lowest BCUT2D eigenvalue weighted by atomic mass is 10.1. The van der Waals surface area contributed by atoms with E-state index in [4.69, 9.17) is 9.15 Å². The molecule has 0 bridgehead atoms. The summed E-state index contributed by atoms with van der Waals surface area (Å²) in [6.07, 6.45) is 0. The second-order valence-electron chi connectivity index (χ2n) is 6.83. The lowest BCUT2D eigenvalue weighted by molar-refractivity contribution is 0.415. The molecule has 0 spiro atoms. The van der Waals surface area contributed by atoms with E-state index in [2.05, 4.69) is 4.72 Å². The van der Waals surface area contributed by atoms with E-state index in [1.165, 1.54) is 13.2 Å². The lowest BCUT2D eigenvalue weighted by Crippen LogP contribution is -2.12. The number of ether oxygens (including phenoxy) is 1. The lowest BCUT2D eigenvalue weighted by Gasteiger charge is -2.09. The fourth-order valence-electron chi connectivity index (χ4n) is 3.04. The van der Waals surface area contributed by atoms with Crippen LogP contribution in [0.2, 0.25) is 0 Å². The van der Waals surface area contributed by atoms with Crippen molar-refractivity contribution in [2.24, 2.45) is 0 Å². The van der Waals surface area contributed by atoms with Crippen molar-refractivity contribution < 1.29 is 17.6 Å². The Bertz CT molecular complexity index is 1370. The normalized spacial score (nSPS) is 11.4. The maximum atomic E-state index is 12.5. The summed E-state index contributed by atoms with van der Waals surface area (Å²) in [5.41, 5.74) is 2.31. The highest BCUT2D eigenvalue weighted by molar-refractivity contribution is 7.92. The van der Waals surface area contributed by atoms with E-state index in [0.717, 1.165) is 5.56 Å². The molecular weight excluding hydrogens is 402 g/mol. The second kappa shape index (κ2) is 7.68. The number of aryl methyl sites for hydroxylation is 1. The Kier molecular flexibility index (Phi) is 5.05. The average Bonchev–Trinajstić information content (AvgIpc) is 2.74. The van der Waals surface area contributed by atoms with Crippen molar-refractivity contribution in [1.29, 1.82) is 0 Å². The molecule has 152 valence electrons. The van der Waals surface area contributed by atoms with Crippen LogP contribution in [0.5, 0.6) is 5.75 Å². The van der Waals surface area contributed by atoms with Crippen LogP contribution in [-0.2, 0) is 10.0 Å². The number of benzene rings is 3. The van der Waals surface area contributed by atoms with Crippen LogP contribution in [0.1, 0.15) is 5.56 Å². The number of methoxy groups -OCH3 is 1. The Morgan fingerprint density at radius 3 is 2.27 bits per heavy atom. The Hall–Kier alpha value is -3.58. The van der Waals surface area contributed by atoms with E-state index in [1.54, 1.807) is 66.7 Å². The van der Waals surface area contributed by atoms with Gasteiger partial charge in [-0.25, -0.2) is 8.42 Å². The third kappa shape index (κ3) is 3.92. The first-order chi connectivity index (χ1) is 14.4. The Morgan fingerprint density at radius 2 is 1.60 bits per heavy atom. The number of nitrogens with one attached hydrogen (secondary N) is 1. The number of sulfonamides is 1. The zero-order valence-electron chi connectivity index (χ0n) is 16.4. The van der Waals surface area contributed by atoms with Gasteiger partial charge in [-0.2, -0.15) is 0 Å². The molecule has 0 aliphatic rings. The predicted molar refractivity (Wildman–Crippen MR) is 116 cm³/mol. The maximum Gasteiger partial charge on any atom is 0.261 e. The van der Waals surface area contributed by atoms with Gasteiger partial charge in [0.05, 0.1) is 17.4 Å². The molecule has 0 amide bonds. The molecule has 4 aromatic rings. The molecule has 4 rings (SSSR count). The zero-order chi connectivity index (χ0) is 21.3. The van der Waals surface area contributed by atoms with Crippen LogP contribution in [-0.4, -0.2) is 15.5 Å². The van der Waals surface area contributed by atoms with Crippen molar-refractivity contribution in [3.8, 4) is 17.1 Å². The Morgan fingerprint density at radius 1 is 0.900 bits per heavy atom. The minimum atomic E-state index is -3.69. The highest BCUT2D eigenvalue weighted by Crippen LogP contribution is 2.26. The van der Waals surface area contributed by atoms with E-state index in [9.17, 15) is 13.2 Å². The van der Waals surface area contributed by atoms with Gasteiger partial charge in [-0.3, -0.25) is 9.52 Å². The summed E-state index contributed by atoms with van der Waals surface area (Å²) < 4.78 is 38.6. The second-order valence-corrected chi connectivity index (χ2v) is 8.52. The van der Waals surface area contributed by atoms with Crippen LogP contribution in [0.25, 0.3) is 22.3 Å². The summed E-state index contributed by atoms with van der Waals surface area (Å²) in [4.78, 5) is 12.7. The topological polar surface area (TPSA) is 85.6 Å². The summed E-state index contributed by atoms with van der Waals surface area (Å²) >= 11 is 0. The van der Waals surface area contributed by atoms with Crippen LogP contribution in [0.4, 0.5) is 5.69 Å². The number of hydrogen-bond acceptors (Lipinski definition) is 5. The molecule has 30 heavy (non-hydrogen) atoms. The van der Waals surface area contributed by atoms with Crippen molar-refractivity contribution in [1.82, 2.24) is 0 Å². The van der Waals surface area contributed by atoms with Crippen LogP contribution >= 0.6 is 0 Å². The molecule has 1 aromatic heterocycles. The Labute approximate surface area is 173 Å². The van der Waals surface area contributed by atoms with Crippen LogP contribution in [0, 0.1) is 6.92 Å². The Balaban J connectivity index is 1.62. The molecule has 0 radical (unpaired) electrons. The van der Waals surface area contributed by atoms with Gasteiger partial charge in [0.2, 0.25) is 0 Å². The van der Waals surface area contributed by atoms with E-state index < -0.39 is 10.0 Å². The maximum absolute atomic E-state index is 12.5. The SMILES string of the molecule is COc1ccc2oc(-c3ccc(NS(=O)(=O)c4ccc(C)cc4)cc3)cc(=O)c2c1. The highest BCUT2D eigenvalue weighted by Gasteiger charge is 2.14. The average molecular weight is 421 g/mol. The van der Waals surface area contributed by atoms with Crippen molar-refractivity contribution in [3.63, 3.8) is 0 Å². The third-order valence-electron chi connectivity index (χ3n) is 4.69. The fraction of sp³-hybridized carbons (Fsp3) is 0.0870. The van der Waals surface area contributed by atoms with E-state index >= 15 is 0 Å². The molecule has 0 saturated heterocycles. The molecule has 3 aromatic carbocycles. The first-order valence-corrected chi connectivity index (χ1v) is 10.7. The van der Waals surface area contributed by atoms with Gasteiger partial charge in [0, 0.05) is 17.3 Å². The first-order valence-electron chi connectivity index (χ1n) is 9.17. The summed E-state index contributed by atoms with van der Waals surface area (Å²) in [6.45, 7) is 1.89. The standard InChI is InChI=1S/C23H19NO5S/c1-15-3-10-19(11-4-15)30(26,27)24-17-7-5-16(6-8-17)23-14-21(25)20-13-18(28-2)9-12-22(20)29-23/h3-14,24H,1-2H3. The number of fused-ring (bicyclic) bond motifs is 1. The molecule has 1 heterocycles. The van der Waals surface area contributed by atoms with E-state index in [0.29, 0.717) is 33.7 Å². The molecule has 0 saturated carbocycles. The minimum absolute atomic E-state index is 0.186. The van der Waals surface area contributed by atoms with E-state index in [-0.39, 0.29) is 10.3 Å². The third-order valence-corrected chi connectivity index (χ3v) is 6.08.